The van der Waals surface area contributed by atoms with Crippen molar-refractivity contribution in [3.63, 3.8) is 0 Å². The summed E-state index contributed by atoms with van der Waals surface area (Å²) >= 11 is 7.43. The number of hydrogen-bond donors (Lipinski definition) is 1. The summed E-state index contributed by atoms with van der Waals surface area (Å²) in [5.41, 5.74) is 2.40. The summed E-state index contributed by atoms with van der Waals surface area (Å²) in [6.45, 7) is 0.318. The minimum absolute atomic E-state index is 0.0256. The fourth-order valence-corrected chi connectivity index (χ4v) is 6.14. The van der Waals surface area contributed by atoms with Gasteiger partial charge in [0.05, 0.1) is 15.8 Å². The average Bonchev–Trinajstić information content (AvgIpc) is 2.95. The van der Waals surface area contributed by atoms with Crippen LogP contribution in [0.5, 0.6) is 0 Å². The molecular weight excluding hydrogens is 536 g/mol. The lowest BCUT2D eigenvalue weighted by Crippen LogP contribution is -2.29. The van der Waals surface area contributed by atoms with Crippen molar-refractivity contribution in [3.8, 4) is 0 Å². The number of nitro benzene ring substituents is 1. The van der Waals surface area contributed by atoms with Gasteiger partial charge in [0.2, 0.25) is 0 Å². The van der Waals surface area contributed by atoms with E-state index in [0.717, 1.165) is 43.2 Å². The van der Waals surface area contributed by atoms with Gasteiger partial charge in [-0.05, 0) is 54.3 Å². The Morgan fingerprint density at radius 2 is 1.82 bits per heavy atom. The minimum atomic E-state index is -0.417. The Morgan fingerprint density at radius 3 is 2.59 bits per heavy atom. The number of nitrogens with one attached hydrogen (secondary N) is 1. The van der Waals surface area contributed by atoms with E-state index < -0.39 is 4.92 Å². The maximum atomic E-state index is 13.7. The Hall–Kier alpha value is -3.69. The van der Waals surface area contributed by atoms with Crippen LogP contribution in [-0.2, 0) is 12.3 Å². The zero-order chi connectivity index (χ0) is 27.4. The van der Waals surface area contributed by atoms with E-state index in [1.165, 1.54) is 17.8 Å². The summed E-state index contributed by atoms with van der Waals surface area (Å²) in [5, 5.41) is 15.7. The highest BCUT2D eigenvalue weighted by Crippen LogP contribution is 2.32. The summed E-state index contributed by atoms with van der Waals surface area (Å²) in [4.78, 5) is 42.3. The molecule has 0 saturated heterocycles. The number of hydrogen-bond acceptors (Lipinski definition) is 6. The van der Waals surface area contributed by atoms with E-state index in [1.807, 2.05) is 18.2 Å². The smallest absolute Gasteiger partial charge is 0.269 e. The molecule has 1 aliphatic rings. The van der Waals surface area contributed by atoms with Crippen LogP contribution in [-0.4, -0.2) is 20.4 Å². The number of halogens is 1. The third-order valence-corrected chi connectivity index (χ3v) is 8.16. The second-order valence-electron chi connectivity index (χ2n) is 9.62. The van der Waals surface area contributed by atoms with Crippen LogP contribution in [0.4, 0.5) is 5.69 Å². The Bertz CT molecular complexity index is 1600. The molecule has 10 heteroatoms. The fraction of sp³-hybridized carbons (Fsp3) is 0.276. The molecule has 8 nitrogen and oxygen atoms in total. The van der Waals surface area contributed by atoms with Crippen molar-refractivity contribution in [2.45, 2.75) is 55.6 Å². The van der Waals surface area contributed by atoms with E-state index in [2.05, 4.69) is 5.32 Å². The van der Waals surface area contributed by atoms with Crippen molar-refractivity contribution in [2.24, 2.45) is 0 Å². The number of rotatable bonds is 8. The normalized spacial score (nSPS) is 13.9. The number of carbonyl (C=O) groups excluding carboxylic acids is 1. The van der Waals surface area contributed by atoms with Gasteiger partial charge in [-0.15, -0.1) is 0 Å². The predicted octanol–water partition coefficient (Wildman–Crippen LogP) is 6.69. The van der Waals surface area contributed by atoms with Crippen molar-refractivity contribution >= 4 is 45.9 Å². The topological polar surface area (TPSA) is 107 Å². The molecule has 1 saturated carbocycles. The summed E-state index contributed by atoms with van der Waals surface area (Å²) in [6, 6.07) is 18.8. The van der Waals surface area contributed by atoms with Crippen LogP contribution in [0.3, 0.4) is 0 Å². The number of carbonyl (C=O) groups is 1. The maximum absolute atomic E-state index is 13.7. The van der Waals surface area contributed by atoms with Gasteiger partial charge in [-0.2, -0.15) is 0 Å². The quantitative estimate of drug-likeness (QED) is 0.111. The maximum Gasteiger partial charge on any atom is 0.269 e. The zero-order valence-corrected chi connectivity index (χ0v) is 22.7. The first-order valence-corrected chi connectivity index (χ1v) is 14.2. The van der Waals surface area contributed by atoms with Gasteiger partial charge in [0.1, 0.15) is 0 Å². The van der Waals surface area contributed by atoms with Crippen molar-refractivity contribution in [3.05, 3.63) is 109 Å². The Balaban J connectivity index is 1.46. The molecule has 1 heterocycles. The molecule has 1 aromatic heterocycles. The van der Waals surface area contributed by atoms with Gasteiger partial charge < -0.3 is 5.32 Å². The van der Waals surface area contributed by atoms with Gasteiger partial charge in [0, 0.05) is 41.1 Å². The molecule has 3 aromatic carbocycles. The molecule has 0 unspecified atom stereocenters. The third kappa shape index (κ3) is 6.32. The molecule has 0 aliphatic heterocycles. The van der Waals surface area contributed by atoms with Crippen LogP contribution < -0.4 is 10.9 Å². The number of benzene rings is 3. The van der Waals surface area contributed by atoms with Crippen molar-refractivity contribution in [1.82, 2.24) is 14.9 Å². The number of nitro groups is 1. The lowest BCUT2D eigenvalue weighted by Gasteiger charge is -2.26. The number of non-ortho nitro benzene ring substituents is 1. The van der Waals surface area contributed by atoms with E-state index >= 15 is 0 Å². The molecular formula is C29H27ClN4O4S. The molecule has 200 valence electrons. The SMILES string of the molecule is O=C(NCc1cccc(Cl)c1)c1ccc2c(=O)n(C3CCCCC3)c(SCc3cccc([N+](=O)[O-])c3)nc2c1. The minimum Gasteiger partial charge on any atom is -0.348 e. The fourth-order valence-electron chi connectivity index (χ4n) is 4.92. The number of aromatic nitrogens is 2. The van der Waals surface area contributed by atoms with Crippen molar-refractivity contribution in [2.75, 3.05) is 0 Å². The van der Waals surface area contributed by atoms with Crippen LogP contribution in [0.2, 0.25) is 5.02 Å². The molecule has 0 atom stereocenters. The van der Waals surface area contributed by atoms with Crippen molar-refractivity contribution in [1.29, 1.82) is 0 Å². The van der Waals surface area contributed by atoms with E-state index in [4.69, 9.17) is 16.6 Å². The average molecular weight is 563 g/mol. The van der Waals surface area contributed by atoms with Gasteiger partial charge in [0.15, 0.2) is 5.16 Å². The number of thioether (sulfide) groups is 1. The highest BCUT2D eigenvalue weighted by Gasteiger charge is 2.23. The summed E-state index contributed by atoms with van der Waals surface area (Å²) in [6.07, 6.45) is 5.06. The molecule has 39 heavy (non-hydrogen) atoms. The molecule has 4 aromatic rings. The Kier molecular flexibility index (Phi) is 8.28. The summed E-state index contributed by atoms with van der Waals surface area (Å²) in [5.74, 6) is 0.146. The first kappa shape index (κ1) is 26.9. The van der Waals surface area contributed by atoms with E-state index in [0.29, 0.717) is 38.9 Å². The number of fused-ring (bicyclic) bond motifs is 1. The monoisotopic (exact) mass is 562 g/mol. The largest absolute Gasteiger partial charge is 0.348 e. The first-order chi connectivity index (χ1) is 18.9. The Morgan fingerprint density at radius 1 is 1.05 bits per heavy atom. The summed E-state index contributed by atoms with van der Waals surface area (Å²) in [7, 11) is 0. The van der Waals surface area contributed by atoms with Gasteiger partial charge >= 0.3 is 0 Å². The second kappa shape index (κ2) is 12.0. The van der Waals surface area contributed by atoms with Crippen LogP contribution in [0.15, 0.2) is 76.7 Å². The molecule has 1 N–H and O–H groups in total. The molecule has 1 amide bonds. The van der Waals surface area contributed by atoms with Crippen molar-refractivity contribution < 1.29 is 9.72 Å². The number of nitrogens with zero attached hydrogens (tertiary/aromatic N) is 3. The van der Waals surface area contributed by atoms with Crippen LogP contribution in [0.25, 0.3) is 10.9 Å². The highest BCUT2D eigenvalue weighted by molar-refractivity contribution is 7.98. The molecule has 1 aliphatic carbocycles. The van der Waals surface area contributed by atoms with E-state index in [-0.39, 0.29) is 23.2 Å². The van der Waals surface area contributed by atoms with E-state index in [1.54, 1.807) is 47.0 Å². The zero-order valence-electron chi connectivity index (χ0n) is 21.1. The van der Waals surface area contributed by atoms with Crippen LogP contribution >= 0.6 is 23.4 Å². The van der Waals surface area contributed by atoms with E-state index in [9.17, 15) is 19.7 Å². The van der Waals surface area contributed by atoms with Gasteiger partial charge in [-0.3, -0.25) is 24.3 Å². The van der Waals surface area contributed by atoms with Crippen LogP contribution in [0, 0.1) is 10.1 Å². The standard InChI is InChI=1S/C29H27ClN4O4S/c30-22-8-4-6-19(14-22)17-31-27(35)21-12-13-25-26(16-21)32-29(33(28(25)36)23-9-2-1-3-10-23)39-18-20-7-5-11-24(15-20)34(37)38/h4-8,11-16,23H,1-3,9-10,17-18H2,(H,31,35). The van der Waals surface area contributed by atoms with Gasteiger partial charge in [-0.1, -0.05) is 66.9 Å². The molecule has 0 radical (unpaired) electrons. The second-order valence-corrected chi connectivity index (χ2v) is 11.0. The first-order valence-electron chi connectivity index (χ1n) is 12.8. The lowest BCUT2D eigenvalue weighted by molar-refractivity contribution is -0.384. The highest BCUT2D eigenvalue weighted by atomic mass is 35.5. The lowest BCUT2D eigenvalue weighted by atomic mass is 9.95. The molecule has 0 spiro atoms. The summed E-state index contributed by atoms with van der Waals surface area (Å²) < 4.78 is 1.79. The van der Waals surface area contributed by atoms with Crippen LogP contribution in [0.1, 0.15) is 59.6 Å². The molecule has 0 bridgehead atoms. The Labute approximate surface area is 234 Å². The molecule has 1 fully saturated rings. The predicted molar refractivity (Wildman–Crippen MR) is 153 cm³/mol. The van der Waals surface area contributed by atoms with Gasteiger partial charge in [-0.25, -0.2) is 4.98 Å². The number of amides is 1. The molecule has 5 rings (SSSR count). The van der Waals surface area contributed by atoms with Gasteiger partial charge in [0.25, 0.3) is 17.2 Å². The third-order valence-electron chi connectivity index (χ3n) is 6.90.